The summed E-state index contributed by atoms with van der Waals surface area (Å²) < 4.78 is 40.5. The van der Waals surface area contributed by atoms with Gasteiger partial charge in [-0.05, 0) is 0 Å². The van der Waals surface area contributed by atoms with Crippen LogP contribution in [0.15, 0.2) is 0 Å². The Morgan fingerprint density at radius 3 is 0.923 bits per heavy atom. The first-order chi connectivity index (χ1) is 4.00. The van der Waals surface area contributed by atoms with Crippen LogP contribution in [0, 0.1) is 0 Å². The van der Waals surface area contributed by atoms with Crippen molar-refractivity contribution in [3.05, 3.63) is 0 Å². The van der Waals surface area contributed by atoms with Crippen molar-refractivity contribution in [2.24, 2.45) is 0 Å². The molecule has 0 aromatic rings. The molecule has 0 unspecified atom stereocenters. The van der Waals surface area contributed by atoms with Crippen LogP contribution in [0.25, 0.3) is 0 Å². The first-order valence-corrected chi connectivity index (χ1v) is 4.44. The van der Waals surface area contributed by atoms with E-state index in [-0.39, 0.29) is 76.5 Å². The molecule has 0 spiro atoms. The standard InChI is InChI=1S/Al.2Na.H3O4P.H2O4S.5H/c;;;2*1-5(2,3)4;;;;;/h;;;(H3,1,2,3,4);(H2,1,2,3,4);;;;;. The molecule has 13 heteroatoms. The normalized spacial score (nSPS) is 9.00. The number of hydrogen-bond acceptors (Lipinski definition) is 3. The molecule has 0 aromatic heterocycles. The van der Waals surface area contributed by atoms with Crippen LogP contribution >= 0.6 is 7.82 Å². The molecule has 0 atom stereocenters. The van der Waals surface area contributed by atoms with Crippen LogP contribution in [-0.4, -0.2) is 109 Å². The van der Waals surface area contributed by atoms with Crippen LogP contribution in [0.1, 0.15) is 0 Å². The second kappa shape index (κ2) is 12.6. The third-order valence-electron chi connectivity index (χ3n) is 0. The first kappa shape index (κ1) is 29.6. The van der Waals surface area contributed by atoms with Gasteiger partial charge in [0, 0.05) is 0 Å². The Bertz CT molecular complexity index is 200. The Hall–Kier alpha value is 2.51. The summed E-state index contributed by atoms with van der Waals surface area (Å²) in [6.07, 6.45) is 0. The summed E-state index contributed by atoms with van der Waals surface area (Å²) in [6, 6.07) is 0. The van der Waals surface area contributed by atoms with E-state index in [0.717, 1.165) is 0 Å². The Morgan fingerprint density at radius 1 is 0.923 bits per heavy atom. The summed E-state index contributed by atoms with van der Waals surface area (Å²) in [7, 11) is -9.31. The molecule has 0 aliphatic rings. The summed E-state index contributed by atoms with van der Waals surface area (Å²) in [5.74, 6) is 0. The van der Waals surface area contributed by atoms with Crippen molar-refractivity contribution in [3.63, 3.8) is 0 Å². The molecule has 0 aliphatic heterocycles. The minimum absolute atomic E-state index is 0. The summed E-state index contributed by atoms with van der Waals surface area (Å²) in [6.45, 7) is 0. The van der Waals surface area contributed by atoms with E-state index in [4.69, 9.17) is 36.8 Å². The Morgan fingerprint density at radius 2 is 0.923 bits per heavy atom. The molecule has 8 nitrogen and oxygen atoms in total. The molecule has 0 aromatic carbocycles. The van der Waals surface area contributed by atoms with Crippen molar-refractivity contribution < 1.29 is 36.8 Å². The molecule has 0 radical (unpaired) electrons. The predicted molar refractivity (Wildman–Crippen MR) is 52.7 cm³/mol. The summed E-state index contributed by atoms with van der Waals surface area (Å²) >= 11 is 0. The van der Waals surface area contributed by atoms with Gasteiger partial charge in [-0.15, -0.1) is 0 Å². The Labute approximate surface area is 130 Å². The molecule has 0 heterocycles. The second-order valence-electron chi connectivity index (χ2n) is 0.961. The Kier molecular flexibility index (Phi) is 28.6. The van der Waals surface area contributed by atoms with E-state index in [0.29, 0.717) is 0 Å². The zero-order valence-electron chi connectivity index (χ0n) is 4.32. The first-order valence-electron chi connectivity index (χ1n) is 1.48. The molecule has 0 rings (SSSR count). The number of hydrogen-bond donors (Lipinski definition) is 5. The van der Waals surface area contributed by atoms with Gasteiger partial charge < -0.3 is 14.7 Å². The fraction of sp³-hybridized carbons (Fsp3) is 0. The average Bonchev–Trinajstić information content (AvgIpc) is 1.12. The van der Waals surface area contributed by atoms with Crippen LogP contribution in [-0.2, 0) is 15.0 Å². The molecule has 0 aliphatic carbocycles. The van der Waals surface area contributed by atoms with Gasteiger partial charge in [-0.3, -0.25) is 9.11 Å². The van der Waals surface area contributed by atoms with Crippen molar-refractivity contribution in [2.45, 2.75) is 0 Å². The van der Waals surface area contributed by atoms with Crippen LogP contribution in [0.2, 0.25) is 0 Å². The van der Waals surface area contributed by atoms with Gasteiger partial charge in [-0.25, -0.2) is 4.57 Å². The van der Waals surface area contributed by atoms with E-state index in [1.165, 1.54) is 0 Å². The zero-order chi connectivity index (χ0) is 9.00. The molecule has 0 amide bonds. The SMILES string of the molecule is O=P(O)(O)O.O=S(=O)(O)O.[AlH3].[NaH].[NaH]. The Balaban J connectivity index is -0.0000000267. The van der Waals surface area contributed by atoms with Crippen molar-refractivity contribution in [3.8, 4) is 0 Å². The van der Waals surface area contributed by atoms with Gasteiger partial charge in [-0.1, -0.05) is 0 Å². The molecule has 0 bridgehead atoms. The molecule has 74 valence electrons. The van der Waals surface area contributed by atoms with Gasteiger partial charge in [-0.2, -0.15) is 8.42 Å². The van der Waals surface area contributed by atoms with E-state index in [2.05, 4.69) is 0 Å². The van der Waals surface area contributed by atoms with Gasteiger partial charge in [0.15, 0.2) is 17.4 Å². The van der Waals surface area contributed by atoms with Gasteiger partial charge in [0.2, 0.25) is 0 Å². The fourth-order valence-corrected chi connectivity index (χ4v) is 0. The maximum absolute atomic E-state index is 8.88. The van der Waals surface area contributed by atoms with Crippen LogP contribution in [0.3, 0.4) is 0 Å². The summed E-state index contributed by atoms with van der Waals surface area (Å²) in [5.41, 5.74) is 0. The van der Waals surface area contributed by atoms with Crippen molar-refractivity contribution >= 4 is 94.7 Å². The van der Waals surface area contributed by atoms with Gasteiger partial charge in [0.25, 0.3) is 0 Å². The zero-order valence-corrected chi connectivity index (χ0v) is 6.03. The topological polar surface area (TPSA) is 152 Å². The van der Waals surface area contributed by atoms with Gasteiger partial charge in [0.05, 0.1) is 0 Å². The third kappa shape index (κ3) is 360. The second-order valence-corrected chi connectivity index (χ2v) is 2.88. The van der Waals surface area contributed by atoms with Gasteiger partial charge in [0.1, 0.15) is 0 Å². The van der Waals surface area contributed by atoms with E-state index in [1.807, 2.05) is 0 Å². The van der Waals surface area contributed by atoms with Crippen molar-refractivity contribution in [2.75, 3.05) is 0 Å². The van der Waals surface area contributed by atoms with Crippen LogP contribution in [0.4, 0.5) is 0 Å². The predicted octanol–water partition coefficient (Wildman–Crippen LogP) is -4.06. The minimum atomic E-state index is -4.67. The summed E-state index contributed by atoms with van der Waals surface area (Å²) in [5, 5.41) is 0. The fourth-order valence-electron chi connectivity index (χ4n) is 0. The molecular weight excluding hydrogens is 264 g/mol. The molecule has 0 saturated carbocycles. The number of phosphoric acid groups is 1. The quantitative estimate of drug-likeness (QED) is 0.170. The maximum atomic E-state index is 8.88. The number of rotatable bonds is 0. The monoisotopic (exact) mass is 274 g/mol. The third-order valence-corrected chi connectivity index (χ3v) is 0. The van der Waals surface area contributed by atoms with Crippen LogP contribution < -0.4 is 0 Å². The van der Waals surface area contributed by atoms with E-state index in [1.54, 1.807) is 0 Å². The molecule has 13 heavy (non-hydrogen) atoms. The molecule has 0 fully saturated rings. The summed E-state index contributed by atoms with van der Waals surface area (Å²) in [4.78, 5) is 21.6. The van der Waals surface area contributed by atoms with E-state index >= 15 is 0 Å². The average molecular weight is 274 g/mol. The van der Waals surface area contributed by atoms with Crippen molar-refractivity contribution in [1.82, 2.24) is 0 Å². The van der Waals surface area contributed by atoms with Crippen LogP contribution in [0.5, 0.6) is 0 Å². The van der Waals surface area contributed by atoms with Crippen molar-refractivity contribution in [1.29, 1.82) is 0 Å². The molecule has 5 N–H and O–H groups in total. The van der Waals surface area contributed by atoms with E-state index in [9.17, 15) is 0 Å². The molecular formula is H10AlNa2O8PS. The van der Waals surface area contributed by atoms with Gasteiger partial charge >= 0.3 is 77.3 Å². The molecule has 0 saturated heterocycles. The van der Waals surface area contributed by atoms with E-state index < -0.39 is 18.2 Å².